The molecule has 1 atom stereocenters. The van der Waals surface area contributed by atoms with E-state index in [1.54, 1.807) is 24.3 Å². The fourth-order valence-corrected chi connectivity index (χ4v) is 2.04. The minimum Gasteiger partial charge on any atom is -0.478 e. The van der Waals surface area contributed by atoms with Gasteiger partial charge in [-0.3, -0.25) is 9.59 Å². The molecule has 1 fully saturated rings. The molecule has 0 bridgehead atoms. The van der Waals surface area contributed by atoms with E-state index >= 15 is 0 Å². The van der Waals surface area contributed by atoms with Crippen molar-refractivity contribution in [1.82, 2.24) is 10.6 Å². The molecule has 0 aliphatic carbocycles. The Hall–Kier alpha value is -2.63. The van der Waals surface area contributed by atoms with Gasteiger partial charge in [0.2, 0.25) is 5.91 Å². The Morgan fingerprint density at radius 1 is 1.29 bits per heavy atom. The Labute approximate surface area is 121 Å². The van der Waals surface area contributed by atoms with Crippen LogP contribution in [-0.2, 0) is 9.59 Å². The predicted octanol–water partition coefficient (Wildman–Crippen LogP) is 0.793. The van der Waals surface area contributed by atoms with Crippen LogP contribution in [0.2, 0.25) is 0 Å². The zero-order chi connectivity index (χ0) is 15.2. The van der Waals surface area contributed by atoms with Crippen LogP contribution in [0.5, 0.6) is 0 Å². The Balaban J connectivity index is 1.93. The number of carboxylic acid groups (broad SMARTS) is 1. The van der Waals surface area contributed by atoms with Gasteiger partial charge in [0.05, 0.1) is 0 Å². The highest BCUT2D eigenvalue weighted by Gasteiger charge is 2.19. The number of carbonyl (C=O) groups excluding carboxylic acids is 2. The number of aliphatic carboxylic acids is 1. The summed E-state index contributed by atoms with van der Waals surface area (Å²) in [4.78, 5) is 33.5. The molecule has 1 aliphatic rings. The Morgan fingerprint density at radius 2 is 2.00 bits per heavy atom. The number of carbonyl (C=O) groups is 3. The maximum atomic E-state index is 12.0. The second kappa shape index (κ2) is 6.69. The van der Waals surface area contributed by atoms with Gasteiger partial charge in [-0.05, 0) is 30.2 Å². The fourth-order valence-electron chi connectivity index (χ4n) is 2.04. The first-order valence-electron chi connectivity index (χ1n) is 6.63. The summed E-state index contributed by atoms with van der Waals surface area (Å²) in [6.07, 6.45) is 3.56. The molecule has 1 aromatic rings. The van der Waals surface area contributed by atoms with Gasteiger partial charge in [0, 0.05) is 30.6 Å². The van der Waals surface area contributed by atoms with E-state index in [9.17, 15) is 14.4 Å². The molecule has 1 aromatic carbocycles. The normalized spacial score (nSPS) is 18.3. The number of benzene rings is 1. The van der Waals surface area contributed by atoms with Crippen LogP contribution in [0.25, 0.3) is 6.08 Å². The smallest absolute Gasteiger partial charge is 0.328 e. The fraction of sp³-hybridized carbons (Fsp3) is 0.267. The molecule has 1 saturated heterocycles. The summed E-state index contributed by atoms with van der Waals surface area (Å²) in [7, 11) is 0. The van der Waals surface area contributed by atoms with E-state index in [2.05, 4.69) is 10.6 Å². The minimum absolute atomic E-state index is 0.00932. The second-order valence-corrected chi connectivity index (χ2v) is 4.81. The van der Waals surface area contributed by atoms with Crippen molar-refractivity contribution >= 4 is 23.9 Å². The summed E-state index contributed by atoms with van der Waals surface area (Å²) >= 11 is 0. The van der Waals surface area contributed by atoms with E-state index in [4.69, 9.17) is 5.11 Å². The van der Waals surface area contributed by atoms with Crippen molar-refractivity contribution < 1.29 is 19.5 Å². The quantitative estimate of drug-likeness (QED) is 0.714. The van der Waals surface area contributed by atoms with Crippen LogP contribution >= 0.6 is 0 Å². The third kappa shape index (κ3) is 4.45. The largest absolute Gasteiger partial charge is 0.478 e. The molecule has 0 spiro atoms. The van der Waals surface area contributed by atoms with Crippen molar-refractivity contribution in [1.29, 1.82) is 0 Å². The van der Waals surface area contributed by atoms with Gasteiger partial charge in [0.15, 0.2) is 0 Å². The van der Waals surface area contributed by atoms with E-state index < -0.39 is 5.97 Å². The van der Waals surface area contributed by atoms with Crippen LogP contribution < -0.4 is 10.6 Å². The molecule has 2 rings (SSSR count). The summed E-state index contributed by atoms with van der Waals surface area (Å²) in [6, 6.07) is 6.58. The maximum absolute atomic E-state index is 12.0. The number of piperidine rings is 1. The van der Waals surface area contributed by atoms with Crippen LogP contribution in [0.4, 0.5) is 0 Å². The van der Waals surface area contributed by atoms with Gasteiger partial charge in [0.25, 0.3) is 5.91 Å². The van der Waals surface area contributed by atoms with Crippen LogP contribution in [-0.4, -0.2) is 35.5 Å². The zero-order valence-electron chi connectivity index (χ0n) is 11.3. The number of hydrogen-bond acceptors (Lipinski definition) is 3. The lowest BCUT2D eigenvalue weighted by molar-refractivity contribution is -0.131. The second-order valence-electron chi connectivity index (χ2n) is 4.81. The van der Waals surface area contributed by atoms with Crippen LogP contribution in [0, 0.1) is 0 Å². The highest BCUT2D eigenvalue weighted by atomic mass is 16.4. The average molecular weight is 288 g/mol. The lowest BCUT2D eigenvalue weighted by Crippen LogP contribution is -2.47. The first-order valence-corrected chi connectivity index (χ1v) is 6.63. The number of amides is 2. The summed E-state index contributed by atoms with van der Waals surface area (Å²) in [5.41, 5.74) is 1.21. The van der Waals surface area contributed by atoms with Crippen LogP contribution in [0.15, 0.2) is 30.3 Å². The summed E-state index contributed by atoms with van der Waals surface area (Å²) in [5, 5.41) is 14.1. The summed E-state index contributed by atoms with van der Waals surface area (Å²) < 4.78 is 0. The molecule has 0 saturated carbocycles. The van der Waals surface area contributed by atoms with E-state index in [0.717, 1.165) is 6.08 Å². The van der Waals surface area contributed by atoms with Crippen molar-refractivity contribution in [3.63, 3.8) is 0 Å². The van der Waals surface area contributed by atoms with Gasteiger partial charge in [-0.15, -0.1) is 0 Å². The number of nitrogens with one attached hydrogen (secondary N) is 2. The predicted molar refractivity (Wildman–Crippen MR) is 76.6 cm³/mol. The van der Waals surface area contributed by atoms with Gasteiger partial charge in [0.1, 0.15) is 0 Å². The third-order valence-corrected chi connectivity index (χ3v) is 3.19. The summed E-state index contributed by atoms with van der Waals surface area (Å²) in [6.45, 7) is 0.448. The lowest BCUT2D eigenvalue weighted by atomic mass is 10.1. The van der Waals surface area contributed by atoms with Crippen LogP contribution in [0.1, 0.15) is 28.8 Å². The van der Waals surface area contributed by atoms with Gasteiger partial charge >= 0.3 is 5.97 Å². The zero-order valence-corrected chi connectivity index (χ0v) is 11.3. The SMILES string of the molecule is O=C(O)C=Cc1ccc(C(=O)NC2CCC(=O)NC2)cc1. The first kappa shape index (κ1) is 14.8. The van der Waals surface area contributed by atoms with Crippen molar-refractivity contribution in [3.05, 3.63) is 41.5 Å². The molecule has 1 unspecified atom stereocenters. The van der Waals surface area contributed by atoms with Crippen molar-refractivity contribution in [3.8, 4) is 0 Å². The van der Waals surface area contributed by atoms with E-state index in [-0.39, 0.29) is 17.9 Å². The third-order valence-electron chi connectivity index (χ3n) is 3.19. The number of hydrogen-bond donors (Lipinski definition) is 3. The Kier molecular flexibility index (Phi) is 4.71. The van der Waals surface area contributed by atoms with Gasteiger partial charge in [-0.2, -0.15) is 0 Å². The standard InChI is InChI=1S/C15H16N2O4/c18-13-7-6-12(9-16-13)17-15(21)11-4-1-10(2-5-11)3-8-14(19)20/h1-5,8,12H,6-7,9H2,(H,16,18)(H,17,21)(H,19,20). The lowest BCUT2D eigenvalue weighted by Gasteiger charge is -2.23. The molecule has 110 valence electrons. The number of carboxylic acids is 1. The van der Waals surface area contributed by atoms with Crippen LogP contribution in [0.3, 0.4) is 0 Å². The molecule has 1 heterocycles. The molecule has 3 N–H and O–H groups in total. The highest BCUT2D eigenvalue weighted by Crippen LogP contribution is 2.08. The molecule has 0 radical (unpaired) electrons. The molecular formula is C15H16N2O4. The van der Waals surface area contributed by atoms with Crippen molar-refractivity contribution in [2.24, 2.45) is 0 Å². The average Bonchev–Trinajstić information content (AvgIpc) is 2.48. The Morgan fingerprint density at radius 3 is 2.57 bits per heavy atom. The van der Waals surface area contributed by atoms with Crippen molar-refractivity contribution in [2.45, 2.75) is 18.9 Å². The molecule has 2 amide bonds. The van der Waals surface area contributed by atoms with Gasteiger partial charge in [-0.25, -0.2) is 4.79 Å². The molecule has 21 heavy (non-hydrogen) atoms. The first-order chi connectivity index (χ1) is 10.0. The Bertz CT molecular complexity index is 568. The topological polar surface area (TPSA) is 95.5 Å². The molecular weight excluding hydrogens is 272 g/mol. The monoisotopic (exact) mass is 288 g/mol. The van der Waals surface area contributed by atoms with E-state index in [1.165, 1.54) is 6.08 Å². The number of rotatable bonds is 4. The summed E-state index contributed by atoms with van der Waals surface area (Å²) in [5.74, 6) is -1.21. The molecule has 0 aromatic heterocycles. The van der Waals surface area contributed by atoms with E-state index in [0.29, 0.717) is 30.5 Å². The molecule has 6 nitrogen and oxygen atoms in total. The maximum Gasteiger partial charge on any atom is 0.328 e. The minimum atomic E-state index is -1.02. The van der Waals surface area contributed by atoms with Gasteiger partial charge in [-0.1, -0.05) is 12.1 Å². The highest BCUT2D eigenvalue weighted by molar-refractivity contribution is 5.95. The van der Waals surface area contributed by atoms with Crippen molar-refractivity contribution in [2.75, 3.05) is 6.54 Å². The van der Waals surface area contributed by atoms with Gasteiger partial charge < -0.3 is 15.7 Å². The van der Waals surface area contributed by atoms with E-state index in [1.807, 2.05) is 0 Å². The molecule has 1 aliphatic heterocycles. The molecule has 6 heteroatoms.